The Labute approximate surface area is 778 Å². The molecule has 0 amide bonds. The number of aryl methyl sites for hydroxylation is 14. The lowest BCUT2D eigenvalue weighted by atomic mass is 10.0. The van der Waals surface area contributed by atoms with E-state index >= 15 is 0 Å². The Hall–Kier alpha value is -6.80. The lowest BCUT2D eigenvalue weighted by Gasteiger charge is -2.18. The molecule has 2 atom stereocenters. The molecule has 12 aromatic rings. The van der Waals surface area contributed by atoms with Crippen molar-refractivity contribution in [3.8, 4) is 69.0 Å². The van der Waals surface area contributed by atoms with Crippen LogP contribution in [0.3, 0.4) is 0 Å². The van der Waals surface area contributed by atoms with Gasteiger partial charge in [0.25, 0.3) is 7.73 Å². The molecule has 662 valence electrons. The van der Waals surface area contributed by atoms with Crippen molar-refractivity contribution in [1.29, 1.82) is 0 Å². The van der Waals surface area contributed by atoms with Crippen molar-refractivity contribution < 1.29 is 63.3 Å². The Morgan fingerprint density at radius 1 is 0.218 bits per heavy atom. The Morgan fingerprint density at radius 3 is 0.710 bits per heavy atom. The molecule has 0 N–H and O–H groups in total. The van der Waals surface area contributed by atoms with Gasteiger partial charge in [0.1, 0.15) is 69.0 Å². The van der Waals surface area contributed by atoms with Crippen molar-refractivity contribution in [2.24, 2.45) is 0 Å². The number of benzene rings is 12. The normalized spacial score (nSPS) is 11.1. The number of para-hydroxylation sites is 7. The maximum absolute atomic E-state index is 6.31. The van der Waals surface area contributed by atoms with Crippen LogP contribution >= 0.6 is 133 Å². The molecule has 0 heterocycles. The second-order valence-electron chi connectivity index (χ2n) is 27.7. The molecular weight excluding hydrogens is 1840 g/mol. The van der Waals surface area contributed by atoms with E-state index in [1.165, 1.54) is 22.3 Å². The van der Waals surface area contributed by atoms with Gasteiger partial charge < -0.3 is 63.3 Å². The van der Waals surface area contributed by atoms with Crippen molar-refractivity contribution in [1.82, 2.24) is 0 Å². The molecular formula is C96H110Cl7O14P7. The first-order chi connectivity index (χ1) is 59.5. The molecule has 0 radical (unpaired) electrons. The molecule has 12 rings (SSSR count). The smallest absolute Gasteiger partial charge is 0.401 e. The number of halogens is 7. The molecule has 0 fully saturated rings. The maximum atomic E-state index is 6.31. The lowest BCUT2D eigenvalue weighted by Crippen LogP contribution is -1.97. The molecule has 0 aromatic heterocycles. The molecule has 28 heteroatoms. The van der Waals surface area contributed by atoms with E-state index in [0.717, 1.165) is 138 Å². The van der Waals surface area contributed by atoms with E-state index in [1.807, 2.05) is 320 Å². The van der Waals surface area contributed by atoms with Crippen molar-refractivity contribution in [3.63, 3.8) is 0 Å². The van der Waals surface area contributed by atoms with Crippen LogP contribution in [0.25, 0.3) is 0 Å². The van der Waals surface area contributed by atoms with Gasteiger partial charge in [-0.2, -0.15) is 0 Å². The van der Waals surface area contributed by atoms with Crippen molar-refractivity contribution in [3.05, 3.63) is 356 Å². The molecule has 0 aliphatic heterocycles. The Bertz CT molecular complexity index is 4900. The summed E-state index contributed by atoms with van der Waals surface area (Å²) >= 11 is 42.5. The van der Waals surface area contributed by atoms with Gasteiger partial charge in [0.15, 0.2) is 0 Å². The lowest BCUT2D eigenvalue weighted by molar-refractivity contribution is 0.282. The van der Waals surface area contributed by atoms with E-state index < -0.39 is 54.1 Å². The SMILES string of the molecule is CCOP(Cl)OCC.CCc1ccccc1OP(Cl)Oc1ccc(C)cc1C.CCc1ccccc1OP(Cl)Oc1ccccc1CC.Cc1ccc(OP(Cl)Oc2cc(C)ccc2C(C)C)c(C)c1.Cc1ccc(OP(Cl)Oc2ccc(C)cc2C)c(C)c1.Cc1ccccc1OP(Cl)Oc1ccccc1C.ClP(Oc1ccccc1)Oc1ccccc1. The monoisotopic (exact) mass is 1950 g/mol. The highest BCUT2D eigenvalue weighted by Gasteiger charge is 2.22. The zero-order valence-corrected chi connectivity index (χ0v) is 84.6. The Morgan fingerprint density at radius 2 is 0.444 bits per heavy atom. The van der Waals surface area contributed by atoms with Crippen molar-refractivity contribution in [2.45, 2.75) is 150 Å². The zero-order chi connectivity index (χ0) is 90.5. The number of hydrogen-bond donors (Lipinski definition) is 0. The van der Waals surface area contributed by atoms with Crippen LogP contribution in [0.4, 0.5) is 0 Å². The summed E-state index contributed by atoms with van der Waals surface area (Å²) in [4.78, 5) is 0. The minimum Gasteiger partial charge on any atom is -0.427 e. The van der Waals surface area contributed by atoms with Gasteiger partial charge in [-0.25, -0.2) is 0 Å². The Kier molecular flexibility index (Phi) is 50.1. The topological polar surface area (TPSA) is 129 Å². The summed E-state index contributed by atoms with van der Waals surface area (Å²) in [6, 6.07) is 88.0. The molecule has 0 saturated carbocycles. The second kappa shape index (κ2) is 58.6. The van der Waals surface area contributed by atoms with Crippen LogP contribution < -0.4 is 54.3 Å². The molecule has 0 spiro atoms. The first-order valence-corrected chi connectivity index (χ1v) is 54.5. The van der Waals surface area contributed by atoms with E-state index in [9.17, 15) is 0 Å². The van der Waals surface area contributed by atoms with Crippen LogP contribution in [0, 0.1) is 76.2 Å². The minimum atomic E-state index is -1.54. The van der Waals surface area contributed by atoms with Gasteiger partial charge in [-0.1, -0.05) is 245 Å². The summed E-state index contributed by atoms with van der Waals surface area (Å²) < 4.78 is 77.9. The number of rotatable bonds is 32. The fourth-order valence-electron chi connectivity index (χ4n) is 11.0. The van der Waals surface area contributed by atoms with Gasteiger partial charge in [-0.15, -0.1) is 0 Å². The molecule has 0 aliphatic rings. The molecule has 0 bridgehead atoms. The first kappa shape index (κ1) is 106. The average Bonchev–Trinajstić information content (AvgIpc) is 0.837. The predicted octanol–water partition coefficient (Wildman–Crippen LogP) is 36.4. The van der Waals surface area contributed by atoms with Gasteiger partial charge in [0.05, 0.1) is 13.2 Å². The summed E-state index contributed by atoms with van der Waals surface area (Å²) in [5, 5.41) is 0. The van der Waals surface area contributed by atoms with Gasteiger partial charge in [-0.3, -0.25) is 0 Å². The summed E-state index contributed by atoms with van der Waals surface area (Å²) in [5.41, 5.74) is 16.8. The van der Waals surface area contributed by atoms with Gasteiger partial charge in [0, 0.05) is 0 Å². The third kappa shape index (κ3) is 40.3. The highest BCUT2D eigenvalue weighted by Crippen LogP contribution is 2.52. The minimum absolute atomic E-state index is 0.372. The predicted molar refractivity (Wildman–Crippen MR) is 532 cm³/mol. The number of hydrogen-bond acceptors (Lipinski definition) is 14. The van der Waals surface area contributed by atoms with E-state index in [-0.39, 0.29) is 0 Å². The fraction of sp³-hybridized carbons (Fsp3) is 0.250. The molecule has 0 aliphatic carbocycles. The van der Waals surface area contributed by atoms with Crippen LogP contribution in [0.15, 0.2) is 273 Å². The van der Waals surface area contributed by atoms with Crippen molar-refractivity contribution >= 4 is 133 Å². The van der Waals surface area contributed by atoms with E-state index in [0.29, 0.717) is 30.6 Å². The van der Waals surface area contributed by atoms with Crippen LogP contribution in [0.1, 0.15) is 138 Å². The maximum Gasteiger partial charge on any atom is 0.401 e. The van der Waals surface area contributed by atoms with Gasteiger partial charge >= 0.3 is 46.4 Å². The molecule has 124 heavy (non-hydrogen) atoms. The summed E-state index contributed by atoms with van der Waals surface area (Å²) in [6.07, 6.45) is 2.71. The van der Waals surface area contributed by atoms with E-state index in [4.69, 9.17) is 142 Å². The third-order valence-corrected chi connectivity index (χ3v) is 25.5. The standard InChI is InChI=1S/C18H22ClO2P.3C16H18ClO2P.C14H14ClO2P.C12H10ClO2P.C4H10ClO2P/c1-12(2)16-8-6-14(4)11-18(16)21-22(19)20-17-9-7-13(3)10-15(17)5;1-11-5-7-15(13(3)9-11)18-20(17)19-16-8-6-12(2)10-14(16)4;1-4-14-7-5-6-8-16(14)19-20(17)18-15-10-9-12(2)11-13(15)3;1-3-13-9-5-7-11-15(13)18-20(17)19-16-12-8-6-10-14(16)4-2;1-11-7-3-5-9-13(11)16-18(15)17-14-10-6-4-8-12(14)2;13-16(14-11-7-3-1-4-8-11)15-12-9-5-2-6-10-12;1-3-6-8(5)7-4-2/h6-12H,1-5H3;5-10H,1-4H3;5-11H,4H2,1-3H3;5-12H,3-4H2,1-2H3;3-10H,1-2H3;1-10H;3-4H2,1-2H3. The molecule has 14 nitrogen and oxygen atoms in total. The first-order valence-electron chi connectivity index (χ1n) is 40.0. The molecule has 0 saturated heterocycles. The second-order valence-corrected chi connectivity index (χ2v) is 39.2. The quantitative estimate of drug-likeness (QED) is 0.0371. The largest absolute Gasteiger partial charge is 0.427 e. The summed E-state index contributed by atoms with van der Waals surface area (Å²) in [6.45, 7) is 37.8. The van der Waals surface area contributed by atoms with Gasteiger partial charge in [-0.05, 0) is 340 Å². The van der Waals surface area contributed by atoms with Crippen LogP contribution in [-0.2, 0) is 28.3 Å². The van der Waals surface area contributed by atoms with Crippen LogP contribution in [0.5, 0.6) is 69.0 Å². The van der Waals surface area contributed by atoms with E-state index in [2.05, 4.69) is 77.9 Å². The molecule has 12 aromatic carbocycles. The summed E-state index contributed by atoms with van der Waals surface area (Å²) in [5.74, 6) is 9.56. The van der Waals surface area contributed by atoms with E-state index in [1.54, 1.807) is 0 Å². The van der Waals surface area contributed by atoms with Gasteiger partial charge in [0.2, 0.25) is 0 Å². The molecule has 2 unspecified atom stereocenters. The summed E-state index contributed by atoms with van der Waals surface area (Å²) in [7, 11) is -10.1. The Balaban J connectivity index is 0.000000226. The highest BCUT2D eigenvalue weighted by atomic mass is 35.7. The average molecular weight is 1950 g/mol. The zero-order valence-electron chi connectivity index (χ0n) is 73.1. The fourth-order valence-corrected chi connectivity index (χ4v) is 19.1. The van der Waals surface area contributed by atoms with Crippen molar-refractivity contribution in [2.75, 3.05) is 13.2 Å². The van der Waals surface area contributed by atoms with Crippen LogP contribution in [-0.4, -0.2) is 13.2 Å². The highest BCUT2D eigenvalue weighted by molar-refractivity contribution is 7.78. The van der Waals surface area contributed by atoms with Crippen LogP contribution in [0.2, 0.25) is 0 Å². The third-order valence-electron chi connectivity index (χ3n) is 17.4.